The predicted octanol–water partition coefficient (Wildman–Crippen LogP) is 4.99. The second kappa shape index (κ2) is 11.9. The summed E-state index contributed by atoms with van der Waals surface area (Å²) in [6, 6.07) is 13.2. The van der Waals surface area contributed by atoms with Crippen LogP contribution < -0.4 is 14.8 Å². The SMILES string of the molecule is Cc1c(C(=O)NCc2ccco2)nn(-c2ccc(Cl)cc2)c1Oc1ccc([N+](=O)[O-])cc1S(=O)(=O)NCC(C)C. The Morgan fingerprint density at radius 3 is 2.55 bits per heavy atom. The molecule has 4 rings (SSSR count). The normalized spacial score (nSPS) is 11.5. The zero-order chi connectivity index (χ0) is 29.0. The van der Waals surface area contributed by atoms with Crippen molar-refractivity contribution in [2.45, 2.75) is 32.2 Å². The van der Waals surface area contributed by atoms with E-state index in [1.54, 1.807) is 43.3 Å². The first kappa shape index (κ1) is 28.8. The Morgan fingerprint density at radius 1 is 1.20 bits per heavy atom. The molecular weight excluding hydrogens is 562 g/mol. The Kier molecular flexibility index (Phi) is 8.57. The molecule has 14 heteroatoms. The van der Waals surface area contributed by atoms with Gasteiger partial charge in [0.25, 0.3) is 11.6 Å². The third-order valence-electron chi connectivity index (χ3n) is 5.67. The highest BCUT2D eigenvalue weighted by atomic mass is 35.5. The predicted molar refractivity (Wildman–Crippen MR) is 146 cm³/mol. The summed E-state index contributed by atoms with van der Waals surface area (Å²) in [4.78, 5) is 23.4. The van der Waals surface area contributed by atoms with Gasteiger partial charge in [-0.25, -0.2) is 13.1 Å². The number of sulfonamides is 1. The third-order valence-corrected chi connectivity index (χ3v) is 7.37. The number of halogens is 1. The average molecular weight is 588 g/mol. The zero-order valence-corrected chi connectivity index (χ0v) is 23.3. The van der Waals surface area contributed by atoms with Crippen LogP contribution in [0, 0.1) is 23.0 Å². The fourth-order valence-corrected chi connectivity index (χ4v) is 5.09. The molecule has 0 aliphatic heterocycles. The molecule has 40 heavy (non-hydrogen) atoms. The molecule has 0 unspecified atom stereocenters. The van der Waals surface area contributed by atoms with Gasteiger partial charge in [-0.2, -0.15) is 9.78 Å². The topological polar surface area (TPSA) is 159 Å². The van der Waals surface area contributed by atoms with Crippen LogP contribution in [0.1, 0.15) is 35.7 Å². The van der Waals surface area contributed by atoms with Gasteiger partial charge in [-0.15, -0.1) is 0 Å². The van der Waals surface area contributed by atoms with Crippen molar-refractivity contribution < 1.29 is 27.3 Å². The maximum absolute atomic E-state index is 13.2. The number of non-ortho nitro benzene ring substituents is 1. The number of nitro groups is 1. The standard InChI is InChI=1S/C26H26ClN5O7S/c1-16(2)14-29-40(36,37)23-13-20(32(34)35)10-11-22(23)39-26-17(3)24(25(33)28-15-21-5-4-12-38-21)30-31(26)19-8-6-18(27)7-9-19/h4-13,16,29H,14-15H2,1-3H3,(H,28,33). The second-order valence-electron chi connectivity index (χ2n) is 9.16. The molecule has 0 aliphatic rings. The molecule has 0 saturated carbocycles. The van der Waals surface area contributed by atoms with Gasteiger partial charge in [0.1, 0.15) is 16.4 Å². The molecule has 12 nitrogen and oxygen atoms in total. The Balaban J connectivity index is 1.79. The van der Waals surface area contributed by atoms with Crippen molar-refractivity contribution in [3.05, 3.63) is 93.0 Å². The minimum atomic E-state index is -4.22. The highest BCUT2D eigenvalue weighted by Crippen LogP contribution is 2.36. The first-order chi connectivity index (χ1) is 19.0. The summed E-state index contributed by atoms with van der Waals surface area (Å²) < 4.78 is 41.5. The number of carbonyl (C=O) groups is 1. The maximum atomic E-state index is 13.2. The van der Waals surface area contributed by atoms with Crippen molar-refractivity contribution in [2.24, 2.45) is 5.92 Å². The Bertz CT molecular complexity index is 1630. The third kappa shape index (κ3) is 6.50. The number of amides is 1. The lowest BCUT2D eigenvalue weighted by atomic mass is 10.2. The van der Waals surface area contributed by atoms with Crippen LogP contribution >= 0.6 is 11.6 Å². The van der Waals surface area contributed by atoms with E-state index in [0.717, 1.165) is 12.1 Å². The monoisotopic (exact) mass is 587 g/mol. The lowest BCUT2D eigenvalue weighted by Gasteiger charge is -2.15. The molecule has 0 spiro atoms. The van der Waals surface area contributed by atoms with Crippen LogP contribution in [0.3, 0.4) is 0 Å². The summed E-state index contributed by atoms with van der Waals surface area (Å²) in [5.74, 6) is -0.174. The number of nitrogens with zero attached hydrogens (tertiary/aromatic N) is 3. The number of hydrogen-bond acceptors (Lipinski definition) is 8. The molecule has 2 heterocycles. The van der Waals surface area contributed by atoms with Gasteiger partial charge >= 0.3 is 0 Å². The van der Waals surface area contributed by atoms with Gasteiger partial charge in [0.2, 0.25) is 15.9 Å². The van der Waals surface area contributed by atoms with E-state index in [1.165, 1.54) is 17.0 Å². The zero-order valence-electron chi connectivity index (χ0n) is 21.8. The largest absolute Gasteiger partial charge is 0.467 e. The van der Waals surface area contributed by atoms with Crippen LogP contribution in [-0.2, 0) is 16.6 Å². The number of aromatic nitrogens is 2. The number of nitro benzene ring substituents is 1. The van der Waals surface area contributed by atoms with E-state index in [9.17, 15) is 23.3 Å². The number of furan rings is 1. The summed E-state index contributed by atoms with van der Waals surface area (Å²) in [5, 5.41) is 19.1. The summed E-state index contributed by atoms with van der Waals surface area (Å²) in [7, 11) is -4.22. The number of rotatable bonds is 11. The average Bonchev–Trinajstić information content (AvgIpc) is 3.55. The van der Waals surface area contributed by atoms with Gasteiger partial charge < -0.3 is 14.5 Å². The lowest BCUT2D eigenvalue weighted by molar-refractivity contribution is -0.385. The molecule has 4 aromatic rings. The Morgan fingerprint density at radius 2 is 1.93 bits per heavy atom. The maximum Gasteiger partial charge on any atom is 0.272 e. The molecule has 1 amide bonds. The molecule has 2 aromatic carbocycles. The second-order valence-corrected chi connectivity index (χ2v) is 11.3. The number of carbonyl (C=O) groups excluding carboxylic acids is 1. The van der Waals surface area contributed by atoms with Gasteiger partial charge in [0.05, 0.1) is 23.4 Å². The van der Waals surface area contributed by atoms with Crippen LogP contribution in [0.2, 0.25) is 5.02 Å². The molecule has 0 saturated heterocycles. The number of nitrogens with one attached hydrogen (secondary N) is 2. The van der Waals surface area contributed by atoms with Crippen LogP contribution in [0.25, 0.3) is 5.69 Å². The van der Waals surface area contributed by atoms with E-state index in [4.69, 9.17) is 20.8 Å². The van der Waals surface area contributed by atoms with Gasteiger partial charge in [-0.3, -0.25) is 14.9 Å². The van der Waals surface area contributed by atoms with E-state index < -0.39 is 31.4 Å². The van der Waals surface area contributed by atoms with Gasteiger partial charge in [-0.1, -0.05) is 25.4 Å². The first-order valence-corrected chi connectivity index (χ1v) is 13.9. The Labute approximate surface area is 235 Å². The van der Waals surface area contributed by atoms with Crippen LogP contribution in [0.15, 0.2) is 70.2 Å². The molecule has 0 atom stereocenters. The molecule has 2 aromatic heterocycles. The Hall–Kier alpha value is -4.20. The van der Waals surface area contributed by atoms with Crippen molar-refractivity contribution in [1.29, 1.82) is 0 Å². The van der Waals surface area contributed by atoms with Gasteiger partial charge in [-0.05, 0) is 55.3 Å². The quantitative estimate of drug-likeness (QED) is 0.183. The van der Waals surface area contributed by atoms with E-state index in [1.807, 2.05) is 13.8 Å². The minimum absolute atomic E-state index is 0.0146. The van der Waals surface area contributed by atoms with E-state index >= 15 is 0 Å². The fourth-order valence-electron chi connectivity index (χ4n) is 3.60. The highest BCUT2D eigenvalue weighted by Gasteiger charge is 2.28. The molecule has 0 radical (unpaired) electrons. The summed E-state index contributed by atoms with van der Waals surface area (Å²) >= 11 is 6.05. The summed E-state index contributed by atoms with van der Waals surface area (Å²) in [6.45, 7) is 5.45. The number of hydrogen-bond donors (Lipinski definition) is 2. The van der Waals surface area contributed by atoms with Crippen molar-refractivity contribution in [3.63, 3.8) is 0 Å². The molecule has 0 bridgehead atoms. The van der Waals surface area contributed by atoms with Crippen molar-refractivity contribution >= 4 is 33.2 Å². The van der Waals surface area contributed by atoms with Crippen molar-refractivity contribution in [3.8, 4) is 17.3 Å². The van der Waals surface area contributed by atoms with E-state index in [0.29, 0.717) is 22.0 Å². The van der Waals surface area contributed by atoms with Crippen LogP contribution in [0.4, 0.5) is 5.69 Å². The van der Waals surface area contributed by atoms with E-state index in [2.05, 4.69) is 15.1 Å². The molecule has 0 aliphatic carbocycles. The first-order valence-electron chi connectivity index (χ1n) is 12.1. The summed E-state index contributed by atoms with van der Waals surface area (Å²) in [6.07, 6.45) is 1.49. The number of benzene rings is 2. The van der Waals surface area contributed by atoms with Crippen molar-refractivity contribution in [1.82, 2.24) is 19.8 Å². The van der Waals surface area contributed by atoms with Gasteiger partial charge in [0, 0.05) is 29.3 Å². The van der Waals surface area contributed by atoms with E-state index in [-0.39, 0.29) is 36.3 Å². The molecule has 0 fully saturated rings. The molecular formula is C26H26ClN5O7S. The fraction of sp³-hybridized carbons (Fsp3) is 0.231. The summed E-state index contributed by atoms with van der Waals surface area (Å²) in [5.41, 5.74) is 0.347. The van der Waals surface area contributed by atoms with Crippen LogP contribution in [0.5, 0.6) is 11.6 Å². The van der Waals surface area contributed by atoms with Crippen molar-refractivity contribution in [2.75, 3.05) is 6.54 Å². The lowest BCUT2D eigenvalue weighted by Crippen LogP contribution is -2.28. The smallest absolute Gasteiger partial charge is 0.272 e. The van der Waals surface area contributed by atoms with Crippen LogP contribution in [-0.4, -0.2) is 35.6 Å². The van der Waals surface area contributed by atoms with Gasteiger partial charge in [0.15, 0.2) is 5.69 Å². The molecule has 2 N–H and O–H groups in total. The highest BCUT2D eigenvalue weighted by molar-refractivity contribution is 7.89. The minimum Gasteiger partial charge on any atom is -0.467 e. The number of ether oxygens (including phenoxy) is 1. The molecule has 210 valence electrons.